The fraction of sp³-hybridized carbons (Fsp3) is 0.367. The van der Waals surface area contributed by atoms with Gasteiger partial charge in [0.25, 0.3) is 0 Å². The summed E-state index contributed by atoms with van der Waals surface area (Å²) in [4.78, 5) is 16.1. The van der Waals surface area contributed by atoms with Crippen LogP contribution < -0.4 is 15.0 Å². The molecule has 0 bridgehead atoms. The van der Waals surface area contributed by atoms with E-state index in [-0.39, 0.29) is 11.8 Å². The molecule has 0 spiro atoms. The fourth-order valence-corrected chi connectivity index (χ4v) is 4.80. The first kappa shape index (κ1) is 23.9. The zero-order chi connectivity index (χ0) is 24.1. The molecule has 1 atom stereocenters. The Labute approximate surface area is 204 Å². The average Bonchev–Trinajstić information content (AvgIpc) is 2.87. The molecule has 1 aliphatic rings. The predicted octanol–water partition coefficient (Wildman–Crippen LogP) is 6.90. The molecule has 1 amide bonds. The van der Waals surface area contributed by atoms with Gasteiger partial charge in [0.1, 0.15) is 5.75 Å². The molecule has 0 radical (unpaired) electrons. The molecule has 0 aromatic heterocycles. The molecule has 4 nitrogen and oxygen atoms in total. The van der Waals surface area contributed by atoms with Crippen molar-refractivity contribution in [1.82, 2.24) is 0 Å². The summed E-state index contributed by atoms with van der Waals surface area (Å²) in [5.74, 6) is 1.26. The molecular weight excluding hydrogens is 420 g/mol. The van der Waals surface area contributed by atoms with Crippen molar-refractivity contribution in [3.8, 4) is 5.75 Å². The zero-order valence-electron chi connectivity index (χ0n) is 20.8. The summed E-state index contributed by atoms with van der Waals surface area (Å²) in [5.41, 5.74) is 6.81. The Balaban J connectivity index is 1.68. The van der Waals surface area contributed by atoms with Gasteiger partial charge >= 0.3 is 0 Å². The average molecular weight is 457 g/mol. The van der Waals surface area contributed by atoms with Crippen LogP contribution in [0.3, 0.4) is 0 Å². The maximum atomic E-state index is 14.1. The van der Waals surface area contributed by atoms with E-state index in [1.54, 1.807) is 7.11 Å². The maximum Gasteiger partial charge on any atom is 0.234 e. The molecule has 0 fully saturated rings. The van der Waals surface area contributed by atoms with Gasteiger partial charge in [0.2, 0.25) is 5.91 Å². The number of aryl methyl sites for hydroxylation is 1. The number of nitrogens with one attached hydrogen (secondary N) is 1. The van der Waals surface area contributed by atoms with Crippen LogP contribution in [0.2, 0.25) is 0 Å². The Hall–Kier alpha value is -3.27. The number of hydrogen-bond acceptors (Lipinski definition) is 3. The number of fused-ring (bicyclic) bond motifs is 1. The van der Waals surface area contributed by atoms with Gasteiger partial charge in [-0.1, -0.05) is 44.2 Å². The minimum absolute atomic E-state index is 0.155. The Bertz CT molecular complexity index is 1100. The number of carbonyl (C=O) groups excluding carboxylic acids is 1. The number of amides is 1. The molecule has 3 aromatic rings. The van der Waals surface area contributed by atoms with Crippen molar-refractivity contribution in [3.63, 3.8) is 0 Å². The Morgan fingerprint density at radius 1 is 1.06 bits per heavy atom. The summed E-state index contributed by atoms with van der Waals surface area (Å²) in [6.07, 6.45) is 2.89. The number of hydrogen-bond donors (Lipinski definition) is 1. The second-order valence-corrected chi connectivity index (χ2v) is 9.41. The van der Waals surface area contributed by atoms with Gasteiger partial charge in [-0.3, -0.25) is 4.79 Å². The van der Waals surface area contributed by atoms with Crippen LogP contribution in [0.5, 0.6) is 5.75 Å². The summed E-state index contributed by atoms with van der Waals surface area (Å²) in [6, 6.07) is 23.0. The smallest absolute Gasteiger partial charge is 0.234 e. The van der Waals surface area contributed by atoms with Crippen LogP contribution in [0.1, 0.15) is 67.7 Å². The second-order valence-electron chi connectivity index (χ2n) is 9.41. The first-order valence-electron chi connectivity index (χ1n) is 12.4. The molecule has 0 saturated heterocycles. The van der Waals surface area contributed by atoms with Crippen molar-refractivity contribution < 1.29 is 9.53 Å². The van der Waals surface area contributed by atoms with E-state index in [9.17, 15) is 4.79 Å². The number of benzene rings is 3. The lowest BCUT2D eigenvalue weighted by molar-refractivity contribution is -0.120. The van der Waals surface area contributed by atoms with Crippen LogP contribution >= 0.6 is 0 Å². The van der Waals surface area contributed by atoms with Crippen molar-refractivity contribution in [2.24, 2.45) is 0 Å². The zero-order valence-corrected chi connectivity index (χ0v) is 20.8. The van der Waals surface area contributed by atoms with E-state index >= 15 is 0 Å². The van der Waals surface area contributed by atoms with Crippen molar-refractivity contribution in [2.45, 2.75) is 58.4 Å². The highest BCUT2D eigenvalue weighted by Gasteiger charge is 2.31. The van der Waals surface area contributed by atoms with Crippen LogP contribution in [-0.4, -0.2) is 19.6 Å². The van der Waals surface area contributed by atoms with Crippen molar-refractivity contribution >= 4 is 17.3 Å². The number of rotatable bonds is 8. The summed E-state index contributed by atoms with van der Waals surface area (Å²) in [6.45, 7) is 7.90. The maximum absolute atomic E-state index is 14.1. The standard InChI is InChI=1S/C30H36N2O2/c1-5-31-25-14-9-22(10-15-25)20-32(26-16-11-23(12-17-26)21(2)3)30(33)28-8-6-7-24-13-18-27(34-4)19-29(24)28/h9-19,21,28,31H,5-8,20H2,1-4H3. The number of ether oxygens (including phenoxy) is 1. The number of anilines is 2. The third-order valence-electron chi connectivity index (χ3n) is 6.78. The van der Waals surface area contributed by atoms with Crippen molar-refractivity contribution in [2.75, 3.05) is 23.9 Å². The van der Waals surface area contributed by atoms with E-state index in [1.807, 2.05) is 11.0 Å². The lowest BCUT2D eigenvalue weighted by Gasteiger charge is -2.31. The lowest BCUT2D eigenvalue weighted by atomic mass is 9.81. The molecule has 178 valence electrons. The highest BCUT2D eigenvalue weighted by Crippen LogP contribution is 2.37. The minimum Gasteiger partial charge on any atom is -0.497 e. The fourth-order valence-electron chi connectivity index (χ4n) is 4.80. The van der Waals surface area contributed by atoms with Crippen LogP contribution in [-0.2, 0) is 17.8 Å². The van der Waals surface area contributed by atoms with Gasteiger partial charge in [0.15, 0.2) is 0 Å². The van der Waals surface area contributed by atoms with Gasteiger partial charge in [0.05, 0.1) is 19.6 Å². The SMILES string of the molecule is CCNc1ccc(CN(C(=O)C2CCCc3ccc(OC)cc32)c2ccc(C(C)C)cc2)cc1. The van der Waals surface area contributed by atoms with E-state index in [0.29, 0.717) is 12.5 Å². The topological polar surface area (TPSA) is 41.6 Å². The molecular formula is C30H36N2O2. The predicted molar refractivity (Wildman–Crippen MR) is 141 cm³/mol. The quantitative estimate of drug-likeness (QED) is 0.401. The molecule has 1 N–H and O–H groups in total. The van der Waals surface area contributed by atoms with Gasteiger partial charge in [-0.05, 0) is 90.8 Å². The van der Waals surface area contributed by atoms with E-state index in [0.717, 1.165) is 54.1 Å². The summed E-state index contributed by atoms with van der Waals surface area (Å²) in [5, 5.41) is 3.34. The number of nitrogens with zero attached hydrogens (tertiary/aromatic N) is 1. The van der Waals surface area contributed by atoms with E-state index in [1.165, 1.54) is 11.1 Å². The minimum atomic E-state index is -0.162. The molecule has 34 heavy (non-hydrogen) atoms. The highest BCUT2D eigenvalue weighted by atomic mass is 16.5. The molecule has 0 aliphatic heterocycles. The monoisotopic (exact) mass is 456 g/mol. The van der Waals surface area contributed by atoms with Gasteiger partial charge in [-0.25, -0.2) is 0 Å². The number of methoxy groups -OCH3 is 1. The van der Waals surface area contributed by atoms with Crippen LogP contribution in [0.15, 0.2) is 66.7 Å². The van der Waals surface area contributed by atoms with Crippen LogP contribution in [0, 0.1) is 0 Å². The third-order valence-corrected chi connectivity index (χ3v) is 6.78. The summed E-state index contributed by atoms with van der Waals surface area (Å²) in [7, 11) is 1.68. The van der Waals surface area contributed by atoms with Crippen LogP contribution in [0.4, 0.5) is 11.4 Å². The lowest BCUT2D eigenvalue weighted by Crippen LogP contribution is -2.36. The largest absolute Gasteiger partial charge is 0.497 e. The Morgan fingerprint density at radius 3 is 2.44 bits per heavy atom. The van der Waals surface area contributed by atoms with Gasteiger partial charge in [-0.15, -0.1) is 0 Å². The highest BCUT2D eigenvalue weighted by molar-refractivity contribution is 5.98. The Kier molecular flexibility index (Phi) is 7.56. The van der Waals surface area contributed by atoms with Gasteiger partial charge < -0.3 is 15.0 Å². The molecule has 0 heterocycles. The molecule has 1 unspecified atom stereocenters. The third kappa shape index (κ3) is 5.27. The van der Waals surface area contributed by atoms with Crippen LogP contribution in [0.25, 0.3) is 0 Å². The number of carbonyl (C=O) groups is 1. The van der Waals surface area contributed by atoms with Crippen molar-refractivity contribution in [3.05, 3.63) is 89.0 Å². The Morgan fingerprint density at radius 2 is 1.79 bits per heavy atom. The first-order chi connectivity index (χ1) is 16.5. The second kappa shape index (κ2) is 10.8. The van der Waals surface area contributed by atoms with E-state index in [2.05, 4.69) is 86.8 Å². The molecule has 1 aliphatic carbocycles. The first-order valence-corrected chi connectivity index (χ1v) is 12.4. The molecule has 4 heteroatoms. The molecule has 0 saturated carbocycles. The molecule has 3 aromatic carbocycles. The summed E-state index contributed by atoms with van der Waals surface area (Å²) >= 11 is 0. The summed E-state index contributed by atoms with van der Waals surface area (Å²) < 4.78 is 5.48. The van der Waals surface area contributed by atoms with E-state index in [4.69, 9.17) is 4.74 Å². The van der Waals surface area contributed by atoms with Gasteiger partial charge in [-0.2, -0.15) is 0 Å². The van der Waals surface area contributed by atoms with E-state index < -0.39 is 0 Å². The van der Waals surface area contributed by atoms with Crippen molar-refractivity contribution in [1.29, 1.82) is 0 Å². The normalized spacial score (nSPS) is 15.0. The molecule has 4 rings (SSSR count). The van der Waals surface area contributed by atoms with Gasteiger partial charge in [0, 0.05) is 17.9 Å².